The Balaban J connectivity index is 1.52. The van der Waals surface area contributed by atoms with E-state index in [1.165, 1.54) is 10.7 Å². The zero-order chi connectivity index (χ0) is 17.8. The van der Waals surface area contributed by atoms with E-state index in [1.807, 2.05) is 18.2 Å². The SMILES string of the molecule is COc1ccc(Cl)cc1CN1CCN(Cc2csc(C(C)C)n2)CC1. The van der Waals surface area contributed by atoms with Gasteiger partial charge >= 0.3 is 0 Å². The van der Waals surface area contributed by atoms with E-state index in [1.54, 1.807) is 18.4 Å². The van der Waals surface area contributed by atoms with Crippen LogP contribution in [0, 0.1) is 0 Å². The summed E-state index contributed by atoms with van der Waals surface area (Å²) >= 11 is 7.92. The number of ether oxygens (including phenoxy) is 1. The molecule has 0 radical (unpaired) electrons. The summed E-state index contributed by atoms with van der Waals surface area (Å²) in [6, 6.07) is 5.83. The minimum absolute atomic E-state index is 0.517. The van der Waals surface area contributed by atoms with E-state index in [9.17, 15) is 0 Å². The molecule has 1 fully saturated rings. The Morgan fingerprint density at radius 2 is 1.84 bits per heavy atom. The minimum Gasteiger partial charge on any atom is -0.496 e. The van der Waals surface area contributed by atoms with Crippen molar-refractivity contribution in [2.24, 2.45) is 0 Å². The summed E-state index contributed by atoms with van der Waals surface area (Å²) in [5, 5.41) is 4.21. The van der Waals surface area contributed by atoms with Crippen molar-refractivity contribution in [1.29, 1.82) is 0 Å². The number of halogens is 1. The molecule has 1 aliphatic rings. The Morgan fingerprint density at radius 1 is 1.16 bits per heavy atom. The molecule has 0 N–H and O–H groups in total. The van der Waals surface area contributed by atoms with E-state index in [2.05, 4.69) is 29.0 Å². The fraction of sp³-hybridized carbons (Fsp3) is 0.526. The molecular formula is C19H26ClN3OS. The molecule has 1 aromatic carbocycles. The Bertz CT molecular complexity index is 696. The van der Waals surface area contributed by atoms with Crippen molar-refractivity contribution in [3.05, 3.63) is 44.9 Å². The van der Waals surface area contributed by atoms with Gasteiger partial charge in [0.25, 0.3) is 0 Å². The topological polar surface area (TPSA) is 28.6 Å². The van der Waals surface area contributed by atoms with Crippen LogP contribution < -0.4 is 4.74 Å². The van der Waals surface area contributed by atoms with E-state index in [0.717, 1.165) is 55.6 Å². The lowest BCUT2D eigenvalue weighted by Gasteiger charge is -2.34. The Kier molecular flexibility index (Phi) is 6.34. The third kappa shape index (κ3) is 4.94. The second kappa shape index (κ2) is 8.49. The number of hydrogen-bond donors (Lipinski definition) is 0. The normalized spacial score (nSPS) is 16.5. The molecule has 0 amide bonds. The van der Waals surface area contributed by atoms with E-state index in [-0.39, 0.29) is 0 Å². The molecule has 0 atom stereocenters. The average Bonchev–Trinajstić information content (AvgIpc) is 3.06. The van der Waals surface area contributed by atoms with Gasteiger partial charge < -0.3 is 4.74 Å². The summed E-state index contributed by atoms with van der Waals surface area (Å²) in [7, 11) is 1.71. The van der Waals surface area contributed by atoms with Gasteiger partial charge in [-0.2, -0.15) is 0 Å². The summed E-state index contributed by atoms with van der Waals surface area (Å²) in [5.41, 5.74) is 2.36. The van der Waals surface area contributed by atoms with Crippen LogP contribution in [0.25, 0.3) is 0 Å². The van der Waals surface area contributed by atoms with Gasteiger partial charge in [0.15, 0.2) is 0 Å². The van der Waals surface area contributed by atoms with Gasteiger partial charge in [-0.05, 0) is 18.2 Å². The number of hydrogen-bond acceptors (Lipinski definition) is 5. The largest absolute Gasteiger partial charge is 0.496 e. The van der Waals surface area contributed by atoms with Crippen LogP contribution in [0.4, 0.5) is 0 Å². The van der Waals surface area contributed by atoms with Crippen molar-refractivity contribution in [3.8, 4) is 5.75 Å². The average molecular weight is 380 g/mol. The molecule has 0 aliphatic carbocycles. The second-order valence-corrected chi connectivity index (χ2v) is 8.17. The van der Waals surface area contributed by atoms with E-state index < -0.39 is 0 Å². The van der Waals surface area contributed by atoms with Gasteiger partial charge in [0.2, 0.25) is 0 Å². The van der Waals surface area contributed by atoms with Gasteiger partial charge in [-0.3, -0.25) is 9.80 Å². The summed E-state index contributed by atoms with van der Waals surface area (Å²) in [4.78, 5) is 9.71. The maximum Gasteiger partial charge on any atom is 0.123 e. The molecule has 6 heteroatoms. The summed E-state index contributed by atoms with van der Waals surface area (Å²) in [6.45, 7) is 10.5. The zero-order valence-corrected chi connectivity index (χ0v) is 16.7. The molecule has 136 valence electrons. The molecule has 1 aromatic heterocycles. The van der Waals surface area contributed by atoms with Crippen molar-refractivity contribution in [1.82, 2.24) is 14.8 Å². The molecule has 0 spiro atoms. The number of nitrogens with zero attached hydrogens (tertiary/aromatic N) is 3. The zero-order valence-electron chi connectivity index (χ0n) is 15.2. The number of piperazine rings is 1. The molecule has 1 aliphatic heterocycles. The molecule has 25 heavy (non-hydrogen) atoms. The Morgan fingerprint density at radius 3 is 2.44 bits per heavy atom. The van der Waals surface area contributed by atoms with Crippen molar-refractivity contribution >= 4 is 22.9 Å². The monoisotopic (exact) mass is 379 g/mol. The minimum atomic E-state index is 0.517. The van der Waals surface area contributed by atoms with Gasteiger partial charge in [0.1, 0.15) is 5.75 Å². The molecule has 4 nitrogen and oxygen atoms in total. The lowest BCUT2D eigenvalue weighted by Crippen LogP contribution is -2.45. The predicted octanol–water partition coefficient (Wildman–Crippen LogP) is 4.25. The summed E-state index contributed by atoms with van der Waals surface area (Å²) < 4.78 is 5.46. The van der Waals surface area contributed by atoms with Crippen LogP contribution in [-0.4, -0.2) is 48.1 Å². The smallest absolute Gasteiger partial charge is 0.123 e. The third-order valence-corrected chi connectivity index (χ3v) is 5.98. The highest BCUT2D eigenvalue weighted by molar-refractivity contribution is 7.09. The van der Waals surface area contributed by atoms with Crippen LogP contribution in [0.2, 0.25) is 5.02 Å². The van der Waals surface area contributed by atoms with E-state index >= 15 is 0 Å². The lowest BCUT2D eigenvalue weighted by atomic mass is 10.1. The maximum absolute atomic E-state index is 6.14. The number of rotatable bonds is 6. The van der Waals surface area contributed by atoms with Crippen LogP contribution in [0.1, 0.15) is 36.0 Å². The van der Waals surface area contributed by atoms with Gasteiger partial charge in [0, 0.05) is 61.2 Å². The van der Waals surface area contributed by atoms with Gasteiger partial charge in [-0.25, -0.2) is 4.98 Å². The van der Waals surface area contributed by atoms with Crippen LogP contribution in [-0.2, 0) is 13.1 Å². The first kappa shape index (κ1) is 18.6. The standard InChI is InChI=1S/C19H26ClN3OS/c1-14(2)19-21-17(13-25-19)12-23-8-6-22(7-9-23)11-15-10-16(20)4-5-18(15)24-3/h4-5,10,13-14H,6-9,11-12H2,1-3H3. The quantitative estimate of drug-likeness (QED) is 0.750. The summed E-state index contributed by atoms with van der Waals surface area (Å²) in [5.74, 6) is 1.43. The summed E-state index contributed by atoms with van der Waals surface area (Å²) in [6.07, 6.45) is 0. The van der Waals surface area contributed by atoms with Crippen molar-refractivity contribution < 1.29 is 4.74 Å². The van der Waals surface area contributed by atoms with Crippen LogP contribution >= 0.6 is 22.9 Å². The third-order valence-electron chi connectivity index (χ3n) is 4.55. The molecule has 0 unspecified atom stereocenters. The Hall–Kier alpha value is -1.14. The molecule has 2 aromatic rings. The van der Waals surface area contributed by atoms with Gasteiger partial charge in [0.05, 0.1) is 17.8 Å². The number of thiazole rings is 1. The molecule has 2 heterocycles. The van der Waals surface area contributed by atoms with Crippen LogP contribution in [0.3, 0.4) is 0 Å². The lowest BCUT2D eigenvalue weighted by molar-refractivity contribution is 0.120. The molecule has 3 rings (SSSR count). The van der Waals surface area contributed by atoms with Gasteiger partial charge in [-0.1, -0.05) is 25.4 Å². The molecule has 0 saturated carbocycles. The maximum atomic E-state index is 6.14. The highest BCUT2D eigenvalue weighted by Crippen LogP contribution is 2.25. The molecule has 1 saturated heterocycles. The molecule has 0 bridgehead atoms. The number of methoxy groups -OCH3 is 1. The van der Waals surface area contributed by atoms with Crippen molar-refractivity contribution in [2.45, 2.75) is 32.9 Å². The first-order chi connectivity index (χ1) is 12.0. The first-order valence-electron chi connectivity index (χ1n) is 8.76. The van der Waals surface area contributed by atoms with Crippen molar-refractivity contribution in [2.75, 3.05) is 33.3 Å². The highest BCUT2D eigenvalue weighted by Gasteiger charge is 2.19. The van der Waals surface area contributed by atoms with E-state index in [0.29, 0.717) is 5.92 Å². The Labute approximate surface area is 159 Å². The highest BCUT2D eigenvalue weighted by atomic mass is 35.5. The van der Waals surface area contributed by atoms with Gasteiger partial charge in [-0.15, -0.1) is 11.3 Å². The fourth-order valence-corrected chi connectivity index (χ4v) is 4.13. The van der Waals surface area contributed by atoms with Crippen LogP contribution in [0.5, 0.6) is 5.75 Å². The van der Waals surface area contributed by atoms with Crippen molar-refractivity contribution in [3.63, 3.8) is 0 Å². The molecular weight excluding hydrogens is 354 g/mol. The number of aromatic nitrogens is 1. The fourth-order valence-electron chi connectivity index (χ4n) is 3.11. The van der Waals surface area contributed by atoms with Crippen LogP contribution in [0.15, 0.2) is 23.6 Å². The number of benzene rings is 1. The predicted molar refractivity (Wildman–Crippen MR) is 105 cm³/mol. The second-order valence-electron chi connectivity index (χ2n) is 6.84. The first-order valence-corrected chi connectivity index (χ1v) is 10.0. The van der Waals surface area contributed by atoms with E-state index in [4.69, 9.17) is 21.3 Å².